The van der Waals surface area contributed by atoms with Gasteiger partial charge in [-0.2, -0.15) is 0 Å². The number of hydrogen-bond donors (Lipinski definition) is 0. The Bertz CT molecular complexity index is 678. The van der Waals surface area contributed by atoms with Gasteiger partial charge in [-0.15, -0.1) is 0 Å². The first-order valence-corrected chi connectivity index (χ1v) is 9.23. The highest BCUT2D eigenvalue weighted by molar-refractivity contribution is 5.39. The van der Waals surface area contributed by atoms with Crippen molar-refractivity contribution < 1.29 is 4.74 Å². The molecule has 2 rings (SSSR count). The second-order valence-corrected chi connectivity index (χ2v) is 8.15. The van der Waals surface area contributed by atoms with Gasteiger partial charge in [0.1, 0.15) is 5.75 Å². The molecule has 0 saturated heterocycles. The number of likely N-dealkylation sites (N-methyl/N-ethyl adjacent to an activating group) is 1. The Labute approximate surface area is 158 Å². The molecule has 1 heterocycles. The Morgan fingerprint density at radius 2 is 1.81 bits per heavy atom. The van der Waals surface area contributed by atoms with Gasteiger partial charge < -0.3 is 9.64 Å². The summed E-state index contributed by atoms with van der Waals surface area (Å²) in [6.45, 7) is 10.5. The molecule has 0 amide bonds. The first kappa shape index (κ1) is 20.4. The zero-order chi connectivity index (χ0) is 19.2. The second-order valence-electron chi connectivity index (χ2n) is 8.15. The Hall–Kier alpha value is -1.91. The zero-order valence-electron chi connectivity index (χ0n) is 17.1. The van der Waals surface area contributed by atoms with E-state index in [1.807, 2.05) is 18.5 Å². The highest BCUT2D eigenvalue weighted by atomic mass is 16.5. The topological polar surface area (TPSA) is 28.6 Å². The van der Waals surface area contributed by atoms with Crippen LogP contribution in [-0.2, 0) is 18.5 Å². The van der Waals surface area contributed by atoms with Gasteiger partial charge in [0.2, 0.25) is 0 Å². The van der Waals surface area contributed by atoms with Crippen molar-refractivity contribution >= 4 is 0 Å². The van der Waals surface area contributed by atoms with Crippen molar-refractivity contribution in [3.63, 3.8) is 0 Å². The molecule has 26 heavy (non-hydrogen) atoms. The van der Waals surface area contributed by atoms with Crippen molar-refractivity contribution in [1.82, 2.24) is 14.8 Å². The van der Waals surface area contributed by atoms with Crippen molar-refractivity contribution in [1.29, 1.82) is 0 Å². The molecule has 0 atom stereocenters. The van der Waals surface area contributed by atoms with Gasteiger partial charge in [-0.05, 0) is 42.8 Å². The summed E-state index contributed by atoms with van der Waals surface area (Å²) in [4.78, 5) is 8.94. The van der Waals surface area contributed by atoms with Gasteiger partial charge in [-0.25, -0.2) is 0 Å². The molecule has 4 heteroatoms. The molecule has 0 aliphatic heterocycles. The Morgan fingerprint density at radius 1 is 1.04 bits per heavy atom. The van der Waals surface area contributed by atoms with Gasteiger partial charge in [0.15, 0.2) is 0 Å². The van der Waals surface area contributed by atoms with Crippen LogP contribution in [0, 0.1) is 0 Å². The smallest absolute Gasteiger partial charge is 0.123 e. The number of nitrogens with zero attached hydrogens (tertiary/aromatic N) is 3. The maximum atomic E-state index is 5.64. The van der Waals surface area contributed by atoms with Crippen LogP contribution in [0.4, 0.5) is 0 Å². The zero-order valence-corrected chi connectivity index (χ0v) is 17.1. The van der Waals surface area contributed by atoms with E-state index < -0.39 is 0 Å². The van der Waals surface area contributed by atoms with Crippen molar-refractivity contribution in [2.24, 2.45) is 0 Å². The fourth-order valence-corrected chi connectivity index (χ4v) is 2.91. The third-order valence-electron chi connectivity index (χ3n) is 4.53. The minimum absolute atomic E-state index is 0.124. The van der Waals surface area contributed by atoms with Crippen LogP contribution >= 0.6 is 0 Å². The van der Waals surface area contributed by atoms with E-state index in [0.717, 1.165) is 31.9 Å². The molecular weight excluding hydrogens is 322 g/mol. The molecule has 1 aromatic heterocycles. The maximum Gasteiger partial charge on any atom is 0.123 e. The normalized spacial score (nSPS) is 12.0. The van der Waals surface area contributed by atoms with Crippen LogP contribution in [0.15, 0.2) is 42.7 Å². The van der Waals surface area contributed by atoms with Crippen molar-refractivity contribution in [2.75, 3.05) is 34.3 Å². The molecule has 0 aliphatic rings. The summed E-state index contributed by atoms with van der Waals surface area (Å²) in [6.07, 6.45) is 3.77. The molecule has 2 aromatic rings. The van der Waals surface area contributed by atoms with Crippen LogP contribution in [0.3, 0.4) is 0 Å². The number of aromatic nitrogens is 1. The fourth-order valence-electron chi connectivity index (χ4n) is 2.91. The van der Waals surface area contributed by atoms with Crippen LogP contribution in [0.2, 0.25) is 0 Å². The van der Waals surface area contributed by atoms with E-state index in [2.05, 4.69) is 73.9 Å². The Balaban J connectivity index is 2.25. The molecule has 0 N–H and O–H groups in total. The lowest BCUT2D eigenvalue weighted by Crippen LogP contribution is -2.31. The standard InChI is InChI=1S/C22H33N3O/c1-22(2,3)20-9-10-21(26-6)19(14-20)17-25(13-12-24(4)5)16-18-8-7-11-23-15-18/h7-11,14-15H,12-13,16-17H2,1-6H3. The van der Waals surface area contributed by atoms with Gasteiger partial charge in [-0.3, -0.25) is 9.88 Å². The molecule has 4 nitrogen and oxygen atoms in total. The molecule has 0 bridgehead atoms. The fraction of sp³-hybridized carbons (Fsp3) is 0.500. The van der Waals surface area contributed by atoms with Crippen LogP contribution in [0.1, 0.15) is 37.5 Å². The number of pyridine rings is 1. The predicted octanol–water partition coefficient (Wildman–Crippen LogP) is 3.95. The van der Waals surface area contributed by atoms with Gasteiger partial charge in [0.25, 0.3) is 0 Å². The molecule has 0 spiro atoms. The van der Waals surface area contributed by atoms with Crippen LogP contribution in [0.5, 0.6) is 5.75 Å². The number of hydrogen-bond acceptors (Lipinski definition) is 4. The van der Waals surface area contributed by atoms with E-state index in [1.165, 1.54) is 16.7 Å². The lowest BCUT2D eigenvalue weighted by Gasteiger charge is -2.26. The van der Waals surface area contributed by atoms with Gasteiger partial charge in [0, 0.05) is 44.1 Å². The Kier molecular flexibility index (Phi) is 7.18. The van der Waals surface area contributed by atoms with E-state index >= 15 is 0 Å². The largest absolute Gasteiger partial charge is 0.496 e. The van der Waals surface area contributed by atoms with Crippen LogP contribution in [0.25, 0.3) is 0 Å². The minimum Gasteiger partial charge on any atom is -0.496 e. The lowest BCUT2D eigenvalue weighted by atomic mass is 9.86. The third kappa shape index (κ3) is 6.11. The van der Waals surface area contributed by atoms with E-state index in [0.29, 0.717) is 0 Å². The van der Waals surface area contributed by atoms with Crippen molar-refractivity contribution in [3.05, 3.63) is 59.4 Å². The average Bonchev–Trinajstić information content (AvgIpc) is 2.59. The number of rotatable bonds is 8. The second kappa shape index (κ2) is 9.15. The minimum atomic E-state index is 0.124. The SMILES string of the molecule is COc1ccc(C(C)(C)C)cc1CN(CCN(C)C)Cc1cccnc1. The summed E-state index contributed by atoms with van der Waals surface area (Å²) in [5.41, 5.74) is 3.93. The summed E-state index contributed by atoms with van der Waals surface area (Å²) in [7, 11) is 5.98. The van der Waals surface area contributed by atoms with Crippen molar-refractivity contribution in [2.45, 2.75) is 39.3 Å². The lowest BCUT2D eigenvalue weighted by molar-refractivity contribution is 0.223. The first-order valence-electron chi connectivity index (χ1n) is 9.23. The van der Waals surface area contributed by atoms with E-state index in [9.17, 15) is 0 Å². The van der Waals surface area contributed by atoms with E-state index in [-0.39, 0.29) is 5.41 Å². The highest BCUT2D eigenvalue weighted by Crippen LogP contribution is 2.29. The molecule has 1 aromatic carbocycles. The average molecular weight is 356 g/mol. The van der Waals surface area contributed by atoms with Gasteiger partial charge in [0.05, 0.1) is 7.11 Å². The predicted molar refractivity (Wildman–Crippen MR) is 109 cm³/mol. The molecule has 0 unspecified atom stereocenters. The third-order valence-corrected chi connectivity index (χ3v) is 4.53. The Morgan fingerprint density at radius 3 is 2.38 bits per heavy atom. The maximum absolute atomic E-state index is 5.64. The molecular formula is C22H33N3O. The molecule has 0 saturated carbocycles. The van der Waals surface area contributed by atoms with Crippen LogP contribution < -0.4 is 4.74 Å². The number of benzene rings is 1. The quantitative estimate of drug-likeness (QED) is 0.717. The van der Waals surface area contributed by atoms with Gasteiger partial charge in [-0.1, -0.05) is 39.0 Å². The summed E-state index contributed by atoms with van der Waals surface area (Å²) < 4.78 is 5.64. The summed E-state index contributed by atoms with van der Waals surface area (Å²) in [5, 5.41) is 0. The highest BCUT2D eigenvalue weighted by Gasteiger charge is 2.17. The van der Waals surface area contributed by atoms with Gasteiger partial charge >= 0.3 is 0 Å². The number of methoxy groups -OCH3 is 1. The van der Waals surface area contributed by atoms with Crippen LogP contribution in [-0.4, -0.2) is 49.1 Å². The molecule has 142 valence electrons. The molecule has 0 radical (unpaired) electrons. The molecule has 0 fully saturated rings. The summed E-state index contributed by atoms with van der Waals surface area (Å²) in [5.74, 6) is 0.957. The first-order chi connectivity index (χ1) is 12.3. The summed E-state index contributed by atoms with van der Waals surface area (Å²) in [6, 6.07) is 10.7. The number of ether oxygens (including phenoxy) is 1. The van der Waals surface area contributed by atoms with E-state index in [1.54, 1.807) is 7.11 Å². The molecule has 0 aliphatic carbocycles. The van der Waals surface area contributed by atoms with E-state index in [4.69, 9.17) is 4.74 Å². The monoisotopic (exact) mass is 355 g/mol. The summed E-state index contributed by atoms with van der Waals surface area (Å²) >= 11 is 0. The van der Waals surface area contributed by atoms with Crippen molar-refractivity contribution in [3.8, 4) is 5.75 Å².